The van der Waals surface area contributed by atoms with Crippen LogP contribution in [0.4, 0.5) is 4.79 Å². The van der Waals surface area contributed by atoms with Gasteiger partial charge in [0.1, 0.15) is 0 Å². The molecule has 0 bridgehead atoms. The quantitative estimate of drug-likeness (QED) is 0.617. The zero-order chi connectivity index (χ0) is 12.0. The second kappa shape index (κ2) is 6.06. The average molecular weight is 230 g/mol. The van der Waals surface area contributed by atoms with Gasteiger partial charge < -0.3 is 14.8 Å². The summed E-state index contributed by atoms with van der Waals surface area (Å²) >= 11 is 0. The molecule has 0 aromatic rings. The van der Waals surface area contributed by atoms with Gasteiger partial charge in [0.25, 0.3) is 5.91 Å². The number of amides is 3. The van der Waals surface area contributed by atoms with E-state index in [9.17, 15) is 14.4 Å². The van der Waals surface area contributed by atoms with E-state index in [2.05, 4.69) is 10.1 Å². The maximum absolute atomic E-state index is 11.3. The Morgan fingerprint density at radius 3 is 2.75 bits per heavy atom. The van der Waals surface area contributed by atoms with Gasteiger partial charge in [-0.25, -0.2) is 9.59 Å². The van der Waals surface area contributed by atoms with Crippen molar-refractivity contribution < 1.29 is 23.9 Å². The monoisotopic (exact) mass is 230 g/mol. The molecule has 0 spiro atoms. The van der Waals surface area contributed by atoms with Crippen molar-refractivity contribution in [1.82, 2.24) is 10.6 Å². The van der Waals surface area contributed by atoms with Crippen molar-refractivity contribution in [2.45, 2.75) is 18.9 Å². The van der Waals surface area contributed by atoms with Gasteiger partial charge in [0, 0.05) is 13.7 Å². The average Bonchev–Trinajstić information content (AvgIpc) is 2.79. The van der Waals surface area contributed by atoms with Gasteiger partial charge in [-0.3, -0.25) is 10.1 Å². The third-order valence-electron chi connectivity index (χ3n) is 2.02. The van der Waals surface area contributed by atoms with E-state index in [0.717, 1.165) is 6.42 Å². The van der Waals surface area contributed by atoms with Gasteiger partial charge in [0.05, 0.1) is 0 Å². The van der Waals surface area contributed by atoms with Crippen LogP contribution in [0.15, 0.2) is 0 Å². The maximum Gasteiger partial charge on any atom is 0.335 e. The number of urea groups is 1. The molecular formula is C9H14N2O5. The fraction of sp³-hybridized carbons (Fsp3) is 0.667. The van der Waals surface area contributed by atoms with Gasteiger partial charge in [-0.15, -0.1) is 0 Å². The minimum atomic E-state index is -0.675. The SMILES string of the molecule is CNC(=O)NC(=O)COC(=O)[C@H]1CCCO1. The number of esters is 1. The molecule has 1 rings (SSSR count). The predicted octanol–water partition coefficient (Wildman–Crippen LogP) is -0.836. The van der Waals surface area contributed by atoms with Crippen LogP contribution < -0.4 is 10.6 Å². The lowest BCUT2D eigenvalue weighted by molar-refractivity contribution is -0.157. The highest BCUT2D eigenvalue weighted by atomic mass is 16.6. The van der Waals surface area contributed by atoms with Gasteiger partial charge >= 0.3 is 12.0 Å². The summed E-state index contributed by atoms with van der Waals surface area (Å²) in [5, 5.41) is 4.17. The molecule has 0 aromatic heterocycles. The first-order valence-electron chi connectivity index (χ1n) is 4.93. The van der Waals surface area contributed by atoms with Gasteiger partial charge in [-0.05, 0) is 12.8 Å². The summed E-state index contributed by atoms with van der Waals surface area (Å²) in [7, 11) is 1.38. The van der Waals surface area contributed by atoms with Crippen molar-refractivity contribution in [2.75, 3.05) is 20.3 Å². The molecule has 1 saturated heterocycles. The predicted molar refractivity (Wildman–Crippen MR) is 52.5 cm³/mol. The Balaban J connectivity index is 2.20. The minimum absolute atomic E-state index is 0.480. The van der Waals surface area contributed by atoms with Crippen LogP contribution in [-0.2, 0) is 19.1 Å². The molecule has 1 heterocycles. The molecular weight excluding hydrogens is 216 g/mol. The summed E-state index contributed by atoms with van der Waals surface area (Å²) in [4.78, 5) is 33.0. The summed E-state index contributed by atoms with van der Waals surface area (Å²) < 4.78 is 9.74. The topological polar surface area (TPSA) is 93.7 Å². The van der Waals surface area contributed by atoms with Crippen LogP contribution in [0.5, 0.6) is 0 Å². The number of hydrogen-bond donors (Lipinski definition) is 2. The van der Waals surface area contributed by atoms with Crippen LogP contribution in [0, 0.1) is 0 Å². The van der Waals surface area contributed by atoms with E-state index in [1.165, 1.54) is 7.05 Å². The zero-order valence-electron chi connectivity index (χ0n) is 8.95. The Morgan fingerprint density at radius 1 is 1.44 bits per heavy atom. The Morgan fingerprint density at radius 2 is 2.19 bits per heavy atom. The molecule has 1 atom stereocenters. The smallest absolute Gasteiger partial charge is 0.335 e. The third-order valence-corrected chi connectivity index (χ3v) is 2.02. The Labute approximate surface area is 92.5 Å². The van der Waals surface area contributed by atoms with Gasteiger partial charge in [0.15, 0.2) is 12.7 Å². The van der Waals surface area contributed by atoms with E-state index in [4.69, 9.17) is 4.74 Å². The molecule has 1 fully saturated rings. The first-order valence-corrected chi connectivity index (χ1v) is 4.93. The molecule has 1 aliphatic rings. The van der Waals surface area contributed by atoms with Crippen LogP contribution in [0.3, 0.4) is 0 Å². The van der Waals surface area contributed by atoms with Crippen LogP contribution in [-0.4, -0.2) is 44.3 Å². The fourth-order valence-corrected chi connectivity index (χ4v) is 1.22. The normalized spacial score (nSPS) is 18.9. The summed E-state index contributed by atoms with van der Waals surface area (Å²) in [5.74, 6) is -1.24. The number of rotatable bonds is 3. The fourth-order valence-electron chi connectivity index (χ4n) is 1.22. The molecule has 90 valence electrons. The van der Waals surface area contributed by atoms with Crippen molar-refractivity contribution in [3.05, 3.63) is 0 Å². The van der Waals surface area contributed by atoms with Crippen LogP contribution in [0.25, 0.3) is 0 Å². The van der Waals surface area contributed by atoms with Crippen LogP contribution in [0.2, 0.25) is 0 Å². The third kappa shape index (κ3) is 3.85. The highest BCUT2D eigenvalue weighted by Crippen LogP contribution is 2.12. The number of imide groups is 1. The molecule has 7 nitrogen and oxygen atoms in total. The molecule has 1 aliphatic heterocycles. The van der Waals surface area contributed by atoms with E-state index in [0.29, 0.717) is 13.0 Å². The van der Waals surface area contributed by atoms with E-state index in [1.807, 2.05) is 5.32 Å². The van der Waals surface area contributed by atoms with Crippen LogP contribution >= 0.6 is 0 Å². The van der Waals surface area contributed by atoms with Crippen molar-refractivity contribution in [3.8, 4) is 0 Å². The minimum Gasteiger partial charge on any atom is -0.454 e. The first kappa shape index (κ1) is 12.4. The van der Waals surface area contributed by atoms with Gasteiger partial charge in [0.2, 0.25) is 0 Å². The number of carbonyl (C=O) groups excluding carboxylic acids is 3. The standard InChI is InChI=1S/C9H14N2O5/c1-10-9(14)11-7(12)5-16-8(13)6-3-2-4-15-6/h6H,2-5H2,1H3,(H2,10,11,12,14)/t6-/m1/s1. The molecule has 0 aliphatic carbocycles. The molecule has 7 heteroatoms. The summed E-state index contributed by atoms with van der Waals surface area (Å²) in [6.45, 7) is 0.0519. The number of nitrogens with one attached hydrogen (secondary N) is 2. The van der Waals surface area contributed by atoms with E-state index >= 15 is 0 Å². The van der Waals surface area contributed by atoms with E-state index in [1.54, 1.807) is 0 Å². The second-order valence-corrected chi connectivity index (χ2v) is 3.24. The Bertz CT molecular complexity index is 286. The highest BCUT2D eigenvalue weighted by molar-refractivity contribution is 5.95. The summed E-state index contributed by atoms with van der Waals surface area (Å²) in [6.07, 6.45) is 0.841. The number of hydrogen-bond acceptors (Lipinski definition) is 5. The second-order valence-electron chi connectivity index (χ2n) is 3.24. The molecule has 0 radical (unpaired) electrons. The lowest BCUT2D eigenvalue weighted by atomic mass is 10.2. The van der Waals surface area contributed by atoms with Crippen molar-refractivity contribution in [2.24, 2.45) is 0 Å². The molecule has 0 saturated carbocycles. The van der Waals surface area contributed by atoms with Gasteiger partial charge in [-0.2, -0.15) is 0 Å². The van der Waals surface area contributed by atoms with E-state index in [-0.39, 0.29) is 0 Å². The van der Waals surface area contributed by atoms with E-state index < -0.39 is 30.6 Å². The Kier molecular flexibility index (Phi) is 4.71. The number of ether oxygens (including phenoxy) is 2. The van der Waals surface area contributed by atoms with Crippen molar-refractivity contribution in [1.29, 1.82) is 0 Å². The molecule has 16 heavy (non-hydrogen) atoms. The Hall–Kier alpha value is -1.63. The van der Waals surface area contributed by atoms with Crippen molar-refractivity contribution >= 4 is 17.9 Å². The van der Waals surface area contributed by atoms with Crippen LogP contribution in [0.1, 0.15) is 12.8 Å². The summed E-state index contributed by atoms with van der Waals surface area (Å²) in [6, 6.07) is -0.641. The largest absolute Gasteiger partial charge is 0.454 e. The lowest BCUT2D eigenvalue weighted by Crippen LogP contribution is -2.40. The molecule has 3 amide bonds. The molecule has 2 N–H and O–H groups in total. The number of carbonyl (C=O) groups is 3. The molecule has 0 unspecified atom stereocenters. The molecule has 0 aromatic carbocycles. The highest BCUT2D eigenvalue weighted by Gasteiger charge is 2.25. The van der Waals surface area contributed by atoms with Crippen molar-refractivity contribution in [3.63, 3.8) is 0 Å². The first-order chi connectivity index (χ1) is 7.63. The lowest BCUT2D eigenvalue weighted by Gasteiger charge is -2.09. The van der Waals surface area contributed by atoms with Gasteiger partial charge in [-0.1, -0.05) is 0 Å². The summed E-state index contributed by atoms with van der Waals surface area (Å²) in [5.41, 5.74) is 0. The maximum atomic E-state index is 11.3. The zero-order valence-corrected chi connectivity index (χ0v) is 8.95.